The van der Waals surface area contributed by atoms with Gasteiger partial charge in [-0.05, 0) is 47.7 Å². The van der Waals surface area contributed by atoms with E-state index in [-0.39, 0.29) is 10.6 Å². The second kappa shape index (κ2) is 5.38. The van der Waals surface area contributed by atoms with Crippen LogP contribution in [0.3, 0.4) is 0 Å². The smallest absolute Gasteiger partial charge is 0.274 e. The van der Waals surface area contributed by atoms with Gasteiger partial charge in [0.05, 0.1) is 11.5 Å². The van der Waals surface area contributed by atoms with Crippen molar-refractivity contribution in [3.05, 3.63) is 55.5 Å². The Hall–Kier alpha value is -1.57. The van der Waals surface area contributed by atoms with E-state index in [0.29, 0.717) is 12.1 Å². The van der Waals surface area contributed by atoms with Crippen molar-refractivity contribution in [2.45, 2.75) is 13.5 Å². The summed E-state index contributed by atoms with van der Waals surface area (Å²) in [6.45, 7) is 2.23. The Morgan fingerprint density at radius 2 is 2.17 bits per heavy atom. The standard InChI is InChI=1S/C12H11IN2O3/c1-8-10(3-2-4-11(8)15(16)17)14-7-9-5-6-12(13)18-9/h2-6,14H,7H2,1H3. The minimum Gasteiger partial charge on any atom is -0.454 e. The molecule has 0 atom stereocenters. The largest absolute Gasteiger partial charge is 0.454 e. The van der Waals surface area contributed by atoms with Gasteiger partial charge in [-0.25, -0.2) is 0 Å². The molecule has 0 fully saturated rings. The van der Waals surface area contributed by atoms with E-state index in [9.17, 15) is 10.1 Å². The fraction of sp³-hybridized carbons (Fsp3) is 0.167. The van der Waals surface area contributed by atoms with Crippen molar-refractivity contribution in [1.29, 1.82) is 0 Å². The quantitative estimate of drug-likeness (QED) is 0.514. The van der Waals surface area contributed by atoms with Gasteiger partial charge < -0.3 is 9.73 Å². The highest BCUT2D eigenvalue weighted by molar-refractivity contribution is 14.1. The molecule has 1 aromatic heterocycles. The predicted molar refractivity (Wildman–Crippen MR) is 76.6 cm³/mol. The van der Waals surface area contributed by atoms with Gasteiger partial charge in [-0.2, -0.15) is 0 Å². The first-order valence-corrected chi connectivity index (χ1v) is 6.38. The van der Waals surface area contributed by atoms with E-state index in [1.807, 2.05) is 18.2 Å². The monoisotopic (exact) mass is 358 g/mol. The topological polar surface area (TPSA) is 68.3 Å². The average molecular weight is 358 g/mol. The van der Waals surface area contributed by atoms with Gasteiger partial charge >= 0.3 is 0 Å². The number of nitrogens with zero attached hydrogens (tertiary/aromatic N) is 1. The van der Waals surface area contributed by atoms with Gasteiger partial charge in [-0.1, -0.05) is 6.07 Å². The molecule has 1 aromatic carbocycles. The summed E-state index contributed by atoms with van der Waals surface area (Å²) >= 11 is 2.09. The summed E-state index contributed by atoms with van der Waals surface area (Å²) < 4.78 is 6.23. The summed E-state index contributed by atoms with van der Waals surface area (Å²) in [5, 5.41) is 13.9. The van der Waals surface area contributed by atoms with Crippen molar-refractivity contribution in [2.24, 2.45) is 0 Å². The zero-order valence-corrected chi connectivity index (χ0v) is 11.8. The first-order valence-electron chi connectivity index (χ1n) is 5.30. The Morgan fingerprint density at radius 3 is 2.78 bits per heavy atom. The lowest BCUT2D eigenvalue weighted by Gasteiger charge is -2.08. The number of halogens is 1. The zero-order chi connectivity index (χ0) is 13.1. The van der Waals surface area contributed by atoms with E-state index in [1.165, 1.54) is 6.07 Å². The molecule has 18 heavy (non-hydrogen) atoms. The lowest BCUT2D eigenvalue weighted by molar-refractivity contribution is -0.385. The number of hydrogen-bond donors (Lipinski definition) is 1. The molecule has 0 unspecified atom stereocenters. The fourth-order valence-electron chi connectivity index (χ4n) is 1.64. The second-order valence-corrected chi connectivity index (χ2v) is 4.83. The maximum atomic E-state index is 10.8. The van der Waals surface area contributed by atoms with Gasteiger partial charge in [-0.3, -0.25) is 10.1 Å². The van der Waals surface area contributed by atoms with Crippen molar-refractivity contribution >= 4 is 34.0 Å². The number of rotatable bonds is 4. The van der Waals surface area contributed by atoms with Crippen LogP contribution in [0, 0.1) is 20.8 Å². The molecule has 0 aliphatic carbocycles. The molecule has 0 spiro atoms. The van der Waals surface area contributed by atoms with Gasteiger partial charge in [0.2, 0.25) is 0 Å². The highest BCUT2D eigenvalue weighted by atomic mass is 127. The molecule has 6 heteroatoms. The van der Waals surface area contributed by atoms with E-state index in [4.69, 9.17) is 4.42 Å². The fourth-order valence-corrected chi connectivity index (χ4v) is 2.10. The van der Waals surface area contributed by atoms with E-state index in [0.717, 1.165) is 15.2 Å². The lowest BCUT2D eigenvalue weighted by atomic mass is 10.1. The Bertz CT molecular complexity index is 580. The molecule has 1 heterocycles. The van der Waals surface area contributed by atoms with Crippen LogP contribution in [0.15, 0.2) is 34.7 Å². The first-order chi connectivity index (χ1) is 8.58. The van der Waals surface area contributed by atoms with Crippen LogP contribution in [0.2, 0.25) is 0 Å². The Labute approximate surface area is 117 Å². The van der Waals surface area contributed by atoms with Gasteiger partial charge in [-0.15, -0.1) is 0 Å². The number of anilines is 1. The molecule has 0 saturated heterocycles. The van der Waals surface area contributed by atoms with Crippen molar-refractivity contribution in [1.82, 2.24) is 0 Å². The van der Waals surface area contributed by atoms with E-state index >= 15 is 0 Å². The molecule has 94 valence electrons. The Balaban J connectivity index is 2.14. The average Bonchev–Trinajstić information content (AvgIpc) is 2.73. The van der Waals surface area contributed by atoms with Gasteiger partial charge in [0.25, 0.3) is 5.69 Å². The third-order valence-corrected chi connectivity index (χ3v) is 3.16. The van der Waals surface area contributed by atoms with Crippen molar-refractivity contribution in [3.63, 3.8) is 0 Å². The normalized spacial score (nSPS) is 10.3. The van der Waals surface area contributed by atoms with E-state index in [2.05, 4.69) is 27.9 Å². The summed E-state index contributed by atoms with van der Waals surface area (Å²) in [7, 11) is 0. The molecule has 2 aromatic rings. The van der Waals surface area contributed by atoms with Gasteiger partial charge in [0, 0.05) is 17.3 Å². The number of benzene rings is 1. The molecule has 0 aliphatic heterocycles. The third kappa shape index (κ3) is 2.81. The molecule has 0 saturated carbocycles. The molecule has 0 bridgehead atoms. The SMILES string of the molecule is Cc1c(NCc2ccc(I)o2)cccc1[N+](=O)[O-]. The third-order valence-electron chi connectivity index (χ3n) is 2.58. The van der Waals surface area contributed by atoms with Crippen molar-refractivity contribution in [2.75, 3.05) is 5.32 Å². The molecule has 1 N–H and O–H groups in total. The molecule has 2 rings (SSSR count). The number of nitro groups is 1. The number of nitro benzene ring substituents is 1. The lowest BCUT2D eigenvalue weighted by Crippen LogP contribution is -2.02. The Morgan fingerprint density at radius 1 is 1.39 bits per heavy atom. The van der Waals surface area contributed by atoms with Crippen LogP contribution in [0.1, 0.15) is 11.3 Å². The van der Waals surface area contributed by atoms with E-state index < -0.39 is 0 Å². The van der Waals surface area contributed by atoms with Crippen LogP contribution in [0.4, 0.5) is 11.4 Å². The first kappa shape index (κ1) is 12.9. The van der Waals surface area contributed by atoms with E-state index in [1.54, 1.807) is 13.0 Å². The summed E-state index contributed by atoms with van der Waals surface area (Å²) in [5.74, 6) is 0.797. The summed E-state index contributed by atoms with van der Waals surface area (Å²) in [4.78, 5) is 10.4. The van der Waals surface area contributed by atoms with Crippen molar-refractivity contribution in [3.8, 4) is 0 Å². The van der Waals surface area contributed by atoms with Crippen LogP contribution in [-0.2, 0) is 6.54 Å². The minimum atomic E-state index is -0.379. The molecule has 0 aliphatic rings. The summed E-state index contributed by atoms with van der Waals surface area (Å²) in [5.41, 5.74) is 1.49. The molecule has 5 nitrogen and oxygen atoms in total. The van der Waals surface area contributed by atoms with Crippen LogP contribution < -0.4 is 5.32 Å². The van der Waals surface area contributed by atoms with Crippen LogP contribution in [0.5, 0.6) is 0 Å². The van der Waals surface area contributed by atoms with Crippen LogP contribution in [-0.4, -0.2) is 4.92 Å². The highest BCUT2D eigenvalue weighted by Gasteiger charge is 2.13. The Kier molecular flexibility index (Phi) is 3.85. The van der Waals surface area contributed by atoms with Crippen LogP contribution >= 0.6 is 22.6 Å². The number of furan rings is 1. The summed E-state index contributed by atoms with van der Waals surface area (Å²) in [6, 6.07) is 8.73. The molecular weight excluding hydrogens is 347 g/mol. The van der Waals surface area contributed by atoms with Crippen molar-refractivity contribution < 1.29 is 9.34 Å². The molecule has 0 amide bonds. The minimum absolute atomic E-state index is 0.119. The zero-order valence-electron chi connectivity index (χ0n) is 9.64. The summed E-state index contributed by atoms with van der Waals surface area (Å²) in [6.07, 6.45) is 0. The number of hydrogen-bond acceptors (Lipinski definition) is 4. The predicted octanol–water partition coefficient (Wildman–Crippen LogP) is 3.71. The second-order valence-electron chi connectivity index (χ2n) is 3.77. The van der Waals surface area contributed by atoms with Crippen LogP contribution in [0.25, 0.3) is 0 Å². The maximum Gasteiger partial charge on any atom is 0.274 e. The highest BCUT2D eigenvalue weighted by Crippen LogP contribution is 2.25. The maximum absolute atomic E-state index is 10.8. The molecular formula is C12H11IN2O3. The number of nitrogens with one attached hydrogen (secondary N) is 1. The molecule has 0 radical (unpaired) electrons. The van der Waals surface area contributed by atoms with Gasteiger partial charge in [0.1, 0.15) is 5.76 Å². The van der Waals surface area contributed by atoms with Gasteiger partial charge in [0.15, 0.2) is 3.77 Å².